The first kappa shape index (κ1) is 15.9. The van der Waals surface area contributed by atoms with Crippen molar-refractivity contribution in [1.82, 2.24) is 5.32 Å². The zero-order valence-electron chi connectivity index (χ0n) is 11.6. The Balaban J connectivity index is 2.55. The average Bonchev–Trinajstić information content (AvgIpc) is 2.40. The molecule has 0 aliphatic rings. The van der Waals surface area contributed by atoms with Crippen LogP contribution in [0.2, 0.25) is 0 Å². The van der Waals surface area contributed by atoms with Crippen LogP contribution >= 0.6 is 38.5 Å². The van der Waals surface area contributed by atoms with Gasteiger partial charge in [-0.25, -0.2) is 4.39 Å². The van der Waals surface area contributed by atoms with Crippen molar-refractivity contribution in [3.63, 3.8) is 0 Å². The fourth-order valence-corrected chi connectivity index (χ4v) is 3.41. The molecule has 4 heteroatoms. The fraction of sp³-hybridized carbons (Fsp3) is 0.250. The lowest BCUT2D eigenvalue weighted by Gasteiger charge is -2.20. The highest BCUT2D eigenvalue weighted by atomic mass is 127. The van der Waals surface area contributed by atoms with Crippen LogP contribution in [0.25, 0.3) is 0 Å². The highest BCUT2D eigenvalue weighted by Gasteiger charge is 2.17. The van der Waals surface area contributed by atoms with Gasteiger partial charge in [-0.3, -0.25) is 0 Å². The Labute approximate surface area is 141 Å². The lowest BCUT2D eigenvalue weighted by Crippen LogP contribution is -2.19. The standard InChI is InChI=1S/C16H16BrFIN/c1-9-6-11(7-10(2)15(9)18)16(20-3)13-8-12(17)4-5-14(13)19/h4-8,16,20H,1-3H3. The zero-order valence-corrected chi connectivity index (χ0v) is 15.3. The van der Waals surface area contributed by atoms with E-state index in [4.69, 9.17) is 0 Å². The molecule has 1 nitrogen and oxygen atoms in total. The molecular formula is C16H16BrFIN. The summed E-state index contributed by atoms with van der Waals surface area (Å²) in [5.41, 5.74) is 3.64. The lowest BCUT2D eigenvalue weighted by molar-refractivity contribution is 0.604. The maximum absolute atomic E-state index is 13.8. The molecule has 2 aromatic rings. The van der Waals surface area contributed by atoms with E-state index in [0.717, 1.165) is 10.0 Å². The van der Waals surface area contributed by atoms with Crippen LogP contribution in [0.5, 0.6) is 0 Å². The van der Waals surface area contributed by atoms with Gasteiger partial charge in [0.2, 0.25) is 0 Å². The molecule has 106 valence electrons. The Morgan fingerprint density at radius 1 is 1.15 bits per heavy atom. The van der Waals surface area contributed by atoms with E-state index < -0.39 is 0 Å². The molecule has 0 spiro atoms. The van der Waals surface area contributed by atoms with E-state index in [1.54, 1.807) is 0 Å². The van der Waals surface area contributed by atoms with Gasteiger partial charge < -0.3 is 5.32 Å². The smallest absolute Gasteiger partial charge is 0.129 e. The molecule has 0 bridgehead atoms. The molecule has 0 saturated heterocycles. The van der Waals surface area contributed by atoms with Crippen LogP contribution in [0.15, 0.2) is 34.8 Å². The van der Waals surface area contributed by atoms with Crippen LogP contribution in [0.3, 0.4) is 0 Å². The Morgan fingerprint density at radius 2 is 1.75 bits per heavy atom. The summed E-state index contributed by atoms with van der Waals surface area (Å²) >= 11 is 5.85. The van der Waals surface area contributed by atoms with Crippen molar-refractivity contribution < 1.29 is 4.39 Å². The van der Waals surface area contributed by atoms with E-state index in [0.29, 0.717) is 11.1 Å². The SMILES string of the molecule is CNC(c1cc(C)c(F)c(C)c1)c1cc(Br)ccc1I. The zero-order chi connectivity index (χ0) is 14.9. The van der Waals surface area contributed by atoms with Crippen molar-refractivity contribution >= 4 is 38.5 Å². The second kappa shape index (κ2) is 6.54. The van der Waals surface area contributed by atoms with E-state index >= 15 is 0 Å². The maximum Gasteiger partial charge on any atom is 0.129 e. The first-order valence-corrected chi connectivity index (χ1v) is 8.20. The minimum Gasteiger partial charge on any atom is -0.309 e. The molecule has 0 radical (unpaired) electrons. The third-order valence-electron chi connectivity index (χ3n) is 3.35. The third-order valence-corrected chi connectivity index (χ3v) is 4.83. The van der Waals surface area contributed by atoms with E-state index in [1.807, 2.05) is 39.1 Å². The van der Waals surface area contributed by atoms with Crippen molar-refractivity contribution in [2.24, 2.45) is 0 Å². The van der Waals surface area contributed by atoms with E-state index in [2.05, 4.69) is 56.0 Å². The third kappa shape index (κ3) is 3.23. The molecule has 0 aromatic heterocycles. The molecule has 0 aliphatic carbocycles. The Kier molecular flexibility index (Phi) is 5.20. The van der Waals surface area contributed by atoms with Gasteiger partial charge in [0.1, 0.15) is 5.82 Å². The number of nitrogens with one attached hydrogen (secondary N) is 1. The van der Waals surface area contributed by atoms with Crippen LogP contribution < -0.4 is 5.32 Å². The minimum absolute atomic E-state index is 0.0531. The topological polar surface area (TPSA) is 12.0 Å². The summed E-state index contributed by atoms with van der Waals surface area (Å²) in [6.45, 7) is 3.62. The summed E-state index contributed by atoms with van der Waals surface area (Å²) in [5, 5.41) is 3.33. The molecule has 1 unspecified atom stereocenters. The summed E-state index contributed by atoms with van der Waals surface area (Å²) in [4.78, 5) is 0. The van der Waals surface area contributed by atoms with Crippen molar-refractivity contribution in [1.29, 1.82) is 0 Å². The first-order valence-electron chi connectivity index (χ1n) is 6.33. The summed E-state index contributed by atoms with van der Waals surface area (Å²) in [6.07, 6.45) is 0. The predicted octanol–water partition coefficient (Wildman–Crippen LogP) is 5.12. The van der Waals surface area contributed by atoms with E-state index in [9.17, 15) is 4.39 Å². The monoisotopic (exact) mass is 447 g/mol. The summed E-state index contributed by atoms with van der Waals surface area (Å²) in [5.74, 6) is -0.118. The van der Waals surface area contributed by atoms with Crippen molar-refractivity contribution in [2.75, 3.05) is 7.05 Å². The number of hydrogen-bond acceptors (Lipinski definition) is 1. The highest BCUT2D eigenvalue weighted by molar-refractivity contribution is 14.1. The molecule has 1 N–H and O–H groups in total. The van der Waals surface area contributed by atoms with Gasteiger partial charge in [0.15, 0.2) is 0 Å². The summed E-state index contributed by atoms with van der Waals surface area (Å²) in [6, 6.07) is 10.1. The number of hydrogen-bond donors (Lipinski definition) is 1. The van der Waals surface area contributed by atoms with Gasteiger partial charge in [0, 0.05) is 8.04 Å². The van der Waals surface area contributed by atoms with Crippen molar-refractivity contribution in [2.45, 2.75) is 19.9 Å². The van der Waals surface area contributed by atoms with Crippen LogP contribution in [0.1, 0.15) is 28.3 Å². The molecule has 1 atom stereocenters. The molecule has 0 fully saturated rings. The number of aryl methyl sites for hydroxylation is 2. The maximum atomic E-state index is 13.8. The van der Waals surface area contributed by atoms with Crippen LogP contribution in [0, 0.1) is 23.2 Å². The molecule has 2 aromatic carbocycles. The predicted molar refractivity (Wildman–Crippen MR) is 93.6 cm³/mol. The second-order valence-corrected chi connectivity index (χ2v) is 6.93. The van der Waals surface area contributed by atoms with Crippen LogP contribution in [-0.4, -0.2) is 7.05 Å². The Morgan fingerprint density at radius 3 is 2.30 bits per heavy atom. The van der Waals surface area contributed by atoms with Gasteiger partial charge in [0.05, 0.1) is 6.04 Å². The van der Waals surface area contributed by atoms with E-state index in [1.165, 1.54) is 9.13 Å². The number of rotatable bonds is 3. The van der Waals surface area contributed by atoms with Gasteiger partial charge >= 0.3 is 0 Å². The molecule has 0 amide bonds. The van der Waals surface area contributed by atoms with Crippen molar-refractivity contribution in [3.8, 4) is 0 Å². The Hall–Kier alpha value is -0.460. The molecule has 0 aliphatic heterocycles. The molecule has 20 heavy (non-hydrogen) atoms. The van der Waals surface area contributed by atoms with Crippen LogP contribution in [0.4, 0.5) is 4.39 Å². The second-order valence-electron chi connectivity index (χ2n) is 4.86. The summed E-state index contributed by atoms with van der Waals surface area (Å²) < 4.78 is 16.0. The normalized spacial score (nSPS) is 12.5. The first-order chi connectivity index (χ1) is 9.43. The number of benzene rings is 2. The van der Waals surface area contributed by atoms with Crippen LogP contribution in [-0.2, 0) is 0 Å². The van der Waals surface area contributed by atoms with Gasteiger partial charge in [-0.05, 0) is 83.9 Å². The lowest BCUT2D eigenvalue weighted by atomic mass is 9.95. The Bertz CT molecular complexity index is 619. The minimum atomic E-state index is -0.118. The largest absolute Gasteiger partial charge is 0.309 e. The van der Waals surface area contributed by atoms with Gasteiger partial charge in [-0.2, -0.15) is 0 Å². The van der Waals surface area contributed by atoms with Crippen molar-refractivity contribution in [3.05, 3.63) is 66.4 Å². The summed E-state index contributed by atoms with van der Waals surface area (Å²) in [7, 11) is 1.93. The number of halogens is 3. The molecular weight excluding hydrogens is 432 g/mol. The molecule has 2 rings (SSSR count). The highest BCUT2D eigenvalue weighted by Crippen LogP contribution is 2.30. The van der Waals surface area contributed by atoms with Gasteiger partial charge in [-0.1, -0.05) is 28.1 Å². The average molecular weight is 448 g/mol. The fourth-order valence-electron chi connectivity index (χ4n) is 2.38. The van der Waals surface area contributed by atoms with Gasteiger partial charge in [-0.15, -0.1) is 0 Å². The molecule has 0 saturated carbocycles. The quantitative estimate of drug-likeness (QED) is 0.644. The molecule has 0 heterocycles. The van der Waals surface area contributed by atoms with Gasteiger partial charge in [0.25, 0.3) is 0 Å². The van der Waals surface area contributed by atoms with E-state index in [-0.39, 0.29) is 11.9 Å².